The average molecular weight is 367 g/mol. The average Bonchev–Trinajstić information content (AvgIpc) is 2.68. The number of carbonyl (C=O) groups excluding carboxylic acids is 1. The second kappa shape index (κ2) is 8.03. The van der Waals surface area contributed by atoms with Gasteiger partial charge in [0.15, 0.2) is 0 Å². The van der Waals surface area contributed by atoms with Gasteiger partial charge in [0, 0.05) is 11.3 Å². The van der Waals surface area contributed by atoms with Crippen LogP contribution < -0.4 is 5.32 Å². The molecular weight excluding hydrogens is 346 g/mol. The van der Waals surface area contributed by atoms with E-state index in [0.29, 0.717) is 11.6 Å². The highest BCUT2D eigenvalue weighted by atomic mass is 16.4. The molecule has 0 unspecified atom stereocenters. The number of aliphatic carboxylic acids is 1. The quantitative estimate of drug-likeness (QED) is 0.515. The lowest BCUT2D eigenvalue weighted by Gasteiger charge is -2.22. The molecule has 0 bridgehead atoms. The molecule has 0 aliphatic heterocycles. The van der Waals surface area contributed by atoms with Crippen LogP contribution in [0.4, 0.5) is 11.4 Å². The van der Waals surface area contributed by atoms with Crippen LogP contribution in [0.3, 0.4) is 0 Å². The van der Waals surface area contributed by atoms with Gasteiger partial charge < -0.3 is 15.5 Å². The van der Waals surface area contributed by atoms with Crippen molar-refractivity contribution in [2.24, 2.45) is 0 Å². The van der Waals surface area contributed by atoms with Gasteiger partial charge >= 0.3 is 11.9 Å². The summed E-state index contributed by atoms with van der Waals surface area (Å²) in [5.74, 6) is -3.73. The molecule has 0 atom stereocenters. The van der Waals surface area contributed by atoms with Crippen LogP contribution in [0.25, 0.3) is 0 Å². The number of ketones is 1. The van der Waals surface area contributed by atoms with Gasteiger partial charge in [0.1, 0.15) is 0 Å². The fraction of sp³-hybridized carbons (Fsp3) is 0.286. The van der Waals surface area contributed by atoms with Crippen LogP contribution in [0.1, 0.15) is 64.3 Å². The van der Waals surface area contributed by atoms with Gasteiger partial charge in [-0.2, -0.15) is 0 Å². The van der Waals surface area contributed by atoms with E-state index in [1.54, 1.807) is 0 Å². The van der Waals surface area contributed by atoms with E-state index in [1.807, 2.05) is 24.3 Å². The molecule has 0 heterocycles. The molecule has 0 amide bonds. The van der Waals surface area contributed by atoms with E-state index in [1.165, 1.54) is 55.9 Å². The van der Waals surface area contributed by atoms with Gasteiger partial charge in [-0.15, -0.1) is 0 Å². The molecule has 1 aliphatic carbocycles. The van der Waals surface area contributed by atoms with Gasteiger partial charge in [-0.05, 0) is 48.6 Å². The highest BCUT2D eigenvalue weighted by Gasteiger charge is 2.24. The number of hydrogen-bond acceptors (Lipinski definition) is 4. The van der Waals surface area contributed by atoms with Crippen LogP contribution in [0, 0.1) is 0 Å². The first-order valence-electron chi connectivity index (χ1n) is 8.98. The van der Waals surface area contributed by atoms with Crippen LogP contribution in [0.2, 0.25) is 0 Å². The zero-order chi connectivity index (χ0) is 19.4. The Bertz CT molecular complexity index is 867. The number of Topliss-reactive ketones (excluding diaryl/α,β-unsaturated/α-hetero) is 1. The Morgan fingerprint density at radius 3 is 2.15 bits per heavy atom. The van der Waals surface area contributed by atoms with Gasteiger partial charge in [-0.1, -0.05) is 37.5 Å². The van der Waals surface area contributed by atoms with Crippen LogP contribution in [-0.2, 0) is 4.79 Å². The SMILES string of the molecule is O=C(O)C(=O)c1cccc(Nc2ccc(C3CCCCC3)cc2)c1C(=O)O. The minimum atomic E-state index is -1.69. The molecule has 3 N–H and O–H groups in total. The second-order valence-electron chi connectivity index (χ2n) is 6.75. The van der Waals surface area contributed by atoms with E-state index in [2.05, 4.69) is 5.32 Å². The lowest BCUT2D eigenvalue weighted by Crippen LogP contribution is -2.18. The van der Waals surface area contributed by atoms with E-state index >= 15 is 0 Å². The maximum atomic E-state index is 11.8. The summed E-state index contributed by atoms with van der Waals surface area (Å²) in [5, 5.41) is 21.4. The number of rotatable bonds is 6. The number of nitrogens with one attached hydrogen (secondary N) is 1. The number of carboxylic acid groups (broad SMARTS) is 2. The number of anilines is 2. The molecule has 6 nitrogen and oxygen atoms in total. The van der Waals surface area contributed by atoms with Crippen molar-refractivity contribution in [2.75, 3.05) is 5.32 Å². The largest absolute Gasteiger partial charge is 0.478 e. The first-order chi connectivity index (χ1) is 13.0. The molecule has 0 saturated heterocycles. The van der Waals surface area contributed by atoms with Crippen molar-refractivity contribution in [1.29, 1.82) is 0 Å². The fourth-order valence-electron chi connectivity index (χ4n) is 3.62. The molecular formula is C21H21NO5. The Morgan fingerprint density at radius 2 is 1.56 bits per heavy atom. The molecule has 27 heavy (non-hydrogen) atoms. The fourth-order valence-corrected chi connectivity index (χ4v) is 3.62. The molecule has 0 radical (unpaired) electrons. The first kappa shape index (κ1) is 18.6. The van der Waals surface area contributed by atoms with Gasteiger partial charge in [0.25, 0.3) is 5.78 Å². The maximum Gasteiger partial charge on any atom is 0.377 e. The summed E-state index contributed by atoms with van der Waals surface area (Å²) in [4.78, 5) is 34.4. The Hall–Kier alpha value is -3.15. The molecule has 140 valence electrons. The molecule has 3 rings (SSSR count). The summed E-state index contributed by atoms with van der Waals surface area (Å²) >= 11 is 0. The van der Waals surface area contributed by atoms with Crippen molar-refractivity contribution < 1.29 is 24.6 Å². The monoisotopic (exact) mass is 367 g/mol. The Balaban J connectivity index is 1.86. The van der Waals surface area contributed by atoms with Crippen molar-refractivity contribution in [2.45, 2.75) is 38.0 Å². The van der Waals surface area contributed by atoms with E-state index in [4.69, 9.17) is 5.11 Å². The topological polar surface area (TPSA) is 104 Å². The summed E-state index contributed by atoms with van der Waals surface area (Å²) in [7, 11) is 0. The summed E-state index contributed by atoms with van der Waals surface area (Å²) in [6.07, 6.45) is 6.16. The number of aromatic carboxylic acids is 1. The molecule has 1 fully saturated rings. The molecule has 1 aliphatic rings. The van der Waals surface area contributed by atoms with Crippen molar-refractivity contribution in [3.63, 3.8) is 0 Å². The lowest BCUT2D eigenvalue weighted by molar-refractivity contribution is -0.131. The number of carbonyl (C=O) groups is 3. The molecule has 1 saturated carbocycles. The third-order valence-electron chi connectivity index (χ3n) is 4.98. The third kappa shape index (κ3) is 4.16. The second-order valence-corrected chi connectivity index (χ2v) is 6.75. The van der Waals surface area contributed by atoms with Gasteiger partial charge in [-0.25, -0.2) is 9.59 Å². The van der Waals surface area contributed by atoms with E-state index in [-0.39, 0.29) is 16.8 Å². The third-order valence-corrected chi connectivity index (χ3v) is 4.98. The van der Waals surface area contributed by atoms with Crippen LogP contribution >= 0.6 is 0 Å². The number of hydrogen-bond donors (Lipinski definition) is 3. The molecule has 0 aromatic heterocycles. The molecule has 2 aromatic carbocycles. The summed E-state index contributed by atoms with van der Waals surface area (Å²) in [6.45, 7) is 0. The van der Waals surface area contributed by atoms with E-state index < -0.39 is 17.7 Å². The van der Waals surface area contributed by atoms with Gasteiger partial charge in [0.05, 0.1) is 11.3 Å². The van der Waals surface area contributed by atoms with Crippen molar-refractivity contribution >= 4 is 29.1 Å². The summed E-state index contributed by atoms with van der Waals surface area (Å²) in [6, 6.07) is 12.0. The predicted octanol–water partition coefficient (Wildman–Crippen LogP) is 4.44. The maximum absolute atomic E-state index is 11.8. The molecule has 0 spiro atoms. The highest BCUT2D eigenvalue weighted by molar-refractivity contribution is 6.41. The first-order valence-corrected chi connectivity index (χ1v) is 8.98. The molecule has 2 aromatic rings. The Morgan fingerprint density at radius 1 is 0.889 bits per heavy atom. The van der Waals surface area contributed by atoms with Gasteiger partial charge in [0.2, 0.25) is 0 Å². The minimum absolute atomic E-state index is 0.181. The predicted molar refractivity (Wildman–Crippen MR) is 101 cm³/mol. The van der Waals surface area contributed by atoms with Crippen molar-refractivity contribution in [1.82, 2.24) is 0 Å². The summed E-state index contributed by atoms with van der Waals surface area (Å²) < 4.78 is 0. The zero-order valence-corrected chi connectivity index (χ0v) is 14.8. The normalized spacial score (nSPS) is 14.5. The van der Waals surface area contributed by atoms with Crippen LogP contribution in [0.5, 0.6) is 0 Å². The van der Waals surface area contributed by atoms with Crippen LogP contribution in [-0.4, -0.2) is 27.9 Å². The minimum Gasteiger partial charge on any atom is -0.478 e. The smallest absolute Gasteiger partial charge is 0.377 e. The lowest BCUT2D eigenvalue weighted by atomic mass is 9.84. The number of carboxylic acids is 2. The molecule has 6 heteroatoms. The zero-order valence-electron chi connectivity index (χ0n) is 14.8. The van der Waals surface area contributed by atoms with Gasteiger partial charge in [-0.3, -0.25) is 4.79 Å². The van der Waals surface area contributed by atoms with Crippen molar-refractivity contribution in [3.05, 3.63) is 59.2 Å². The standard InChI is InChI=1S/C21H21NO5/c23-19(21(26)27)16-7-4-8-17(18(16)20(24)25)22-15-11-9-14(10-12-15)13-5-2-1-3-6-13/h4,7-13,22H,1-3,5-6H2,(H,24,25)(H,26,27). The number of benzene rings is 2. The van der Waals surface area contributed by atoms with E-state index in [9.17, 15) is 19.5 Å². The van der Waals surface area contributed by atoms with Crippen LogP contribution in [0.15, 0.2) is 42.5 Å². The Labute approximate surface area is 156 Å². The highest BCUT2D eigenvalue weighted by Crippen LogP contribution is 2.33. The van der Waals surface area contributed by atoms with E-state index in [0.717, 1.165) is 0 Å². The summed E-state index contributed by atoms with van der Waals surface area (Å²) in [5.41, 5.74) is 1.44. The van der Waals surface area contributed by atoms with Crippen molar-refractivity contribution in [3.8, 4) is 0 Å². The Kier molecular flexibility index (Phi) is 5.54.